The lowest BCUT2D eigenvalue weighted by molar-refractivity contribution is -0.192. The van der Waals surface area contributed by atoms with Crippen LogP contribution in [0.3, 0.4) is 0 Å². The van der Waals surface area contributed by atoms with E-state index < -0.39 is 35.2 Å². The number of halogens is 7. The molecule has 4 rings (SSSR count). The first kappa shape index (κ1) is 33.6. The van der Waals surface area contributed by atoms with Crippen LogP contribution in [0.4, 0.5) is 26.3 Å². The van der Waals surface area contributed by atoms with Gasteiger partial charge >= 0.3 is 18.3 Å². The molecule has 1 aromatic carbocycles. The van der Waals surface area contributed by atoms with E-state index in [9.17, 15) is 35.9 Å². The number of ether oxygens (including phenoxy) is 1. The maximum Gasteiger partial charge on any atom is 0.490 e. The Kier molecular flexibility index (Phi) is 10.0. The van der Waals surface area contributed by atoms with Crippen LogP contribution in [0.25, 0.3) is 11.0 Å². The lowest BCUT2D eigenvalue weighted by atomic mass is 10.2. The number of benzene rings is 1. The summed E-state index contributed by atoms with van der Waals surface area (Å²) in [6.45, 7) is -0.230. The Morgan fingerprint density at radius 1 is 1.14 bits per heavy atom. The summed E-state index contributed by atoms with van der Waals surface area (Å²) in [5, 5.41) is 21.1. The molecule has 0 unspecified atom stereocenters. The van der Waals surface area contributed by atoms with Crippen molar-refractivity contribution >= 4 is 34.5 Å². The topological polar surface area (TPSA) is 143 Å². The number of hydrogen-bond donors (Lipinski definition) is 1. The molecule has 0 atom stereocenters. The molecule has 0 aliphatic rings. The highest BCUT2D eigenvalue weighted by atomic mass is 35.5. The van der Waals surface area contributed by atoms with Gasteiger partial charge in [-0.15, -0.1) is 0 Å². The molecule has 4 aromatic rings. The average molecular weight is 645 g/mol. The summed E-state index contributed by atoms with van der Waals surface area (Å²) in [7, 11) is 3.42. The van der Waals surface area contributed by atoms with Crippen LogP contribution in [0.2, 0.25) is 5.02 Å². The molecule has 0 aliphatic carbocycles. The van der Waals surface area contributed by atoms with E-state index in [0.29, 0.717) is 11.5 Å². The lowest BCUT2D eigenvalue weighted by Gasteiger charge is -2.15. The van der Waals surface area contributed by atoms with Gasteiger partial charge in [0.25, 0.3) is 11.5 Å². The normalized spacial score (nSPS) is 11.6. The lowest BCUT2D eigenvalue weighted by Crippen LogP contribution is -2.28. The van der Waals surface area contributed by atoms with Crippen LogP contribution in [-0.4, -0.2) is 68.0 Å². The number of carboxylic acid groups (broad SMARTS) is 1. The van der Waals surface area contributed by atoms with E-state index in [1.807, 2.05) is 6.07 Å². The highest BCUT2D eigenvalue weighted by Crippen LogP contribution is 2.36. The molecule has 0 bridgehead atoms. The molecule has 0 saturated carbocycles. The van der Waals surface area contributed by atoms with E-state index in [4.69, 9.17) is 31.5 Å². The number of likely N-dealkylation sites (N-methyl/N-ethyl adjacent to an activating group) is 1. The van der Waals surface area contributed by atoms with E-state index in [2.05, 4.69) is 10.1 Å². The molecule has 0 aliphatic heterocycles. The summed E-state index contributed by atoms with van der Waals surface area (Å²) >= 11 is 5.93. The number of fused-ring (bicyclic) bond motifs is 1. The minimum absolute atomic E-state index is 0.0370. The number of rotatable bonds is 6. The Morgan fingerprint density at radius 3 is 2.36 bits per heavy atom. The number of alkyl halides is 6. The van der Waals surface area contributed by atoms with Gasteiger partial charge in [0, 0.05) is 22.8 Å². The number of aromatic nitrogens is 4. The highest BCUT2D eigenvalue weighted by molar-refractivity contribution is 6.30. The van der Waals surface area contributed by atoms with Crippen LogP contribution in [0, 0.1) is 11.3 Å². The predicted molar refractivity (Wildman–Crippen MR) is 141 cm³/mol. The van der Waals surface area contributed by atoms with E-state index in [-0.39, 0.29) is 46.7 Å². The van der Waals surface area contributed by atoms with Crippen molar-refractivity contribution in [2.45, 2.75) is 18.9 Å². The Labute approximate surface area is 248 Å². The third-order valence-electron chi connectivity index (χ3n) is 5.42. The van der Waals surface area contributed by atoms with Gasteiger partial charge in [-0.1, -0.05) is 11.6 Å². The number of nitrogens with zero attached hydrogens (tertiary/aromatic N) is 6. The van der Waals surface area contributed by atoms with E-state index in [0.717, 1.165) is 15.4 Å². The standard InChI is InChI=1S/C24H18ClF3N6O3.C2HF3O2/c1-32(2)13-20(35)34-22-17(4-3-6-30-22)19(31-34)12-33-7-5-18(24(26,27)28)21(23(33)36)37-16-9-14(11-29)8-15(25)10-16;3-2(4,5)1(6)7/h3-10H,12-13H2,1-2H3;(H,6,7). The molecule has 0 spiro atoms. The van der Waals surface area contributed by atoms with Gasteiger partial charge in [0.1, 0.15) is 11.3 Å². The van der Waals surface area contributed by atoms with Gasteiger partial charge in [-0.3, -0.25) is 9.59 Å². The molecule has 3 heterocycles. The number of aliphatic carboxylic acids is 1. The smallest absolute Gasteiger partial charge is 0.475 e. The third-order valence-corrected chi connectivity index (χ3v) is 5.63. The molecule has 1 N–H and O–H groups in total. The Bertz CT molecular complexity index is 1810. The van der Waals surface area contributed by atoms with Crippen LogP contribution in [0.1, 0.15) is 21.6 Å². The first-order valence-electron chi connectivity index (χ1n) is 11.9. The summed E-state index contributed by atoms with van der Waals surface area (Å²) in [4.78, 5) is 40.6. The van der Waals surface area contributed by atoms with Crippen LogP contribution in [-0.2, 0) is 17.5 Å². The molecular weight excluding hydrogens is 626 g/mol. The zero-order valence-electron chi connectivity index (χ0n) is 22.4. The molecule has 44 heavy (non-hydrogen) atoms. The van der Waals surface area contributed by atoms with Crippen molar-refractivity contribution in [2.24, 2.45) is 0 Å². The highest BCUT2D eigenvalue weighted by Gasteiger charge is 2.38. The van der Waals surface area contributed by atoms with Gasteiger partial charge in [0.05, 0.1) is 30.4 Å². The van der Waals surface area contributed by atoms with Gasteiger partial charge in [0.2, 0.25) is 5.75 Å². The third kappa shape index (κ3) is 8.11. The van der Waals surface area contributed by atoms with Gasteiger partial charge in [-0.05, 0) is 50.5 Å². The van der Waals surface area contributed by atoms with Crippen molar-refractivity contribution in [3.63, 3.8) is 0 Å². The molecule has 0 saturated heterocycles. The van der Waals surface area contributed by atoms with E-state index in [1.54, 1.807) is 31.1 Å². The molecule has 0 fully saturated rings. The fourth-order valence-corrected chi connectivity index (χ4v) is 3.83. The second kappa shape index (κ2) is 13.1. The zero-order valence-corrected chi connectivity index (χ0v) is 23.2. The number of nitriles is 1. The van der Waals surface area contributed by atoms with Crippen molar-refractivity contribution in [3.05, 3.63) is 81.0 Å². The first-order chi connectivity index (χ1) is 20.4. The Balaban J connectivity index is 0.000000676. The van der Waals surface area contributed by atoms with Crippen molar-refractivity contribution < 1.29 is 45.8 Å². The fraction of sp³-hybridized carbons (Fsp3) is 0.231. The van der Waals surface area contributed by atoms with Crippen LogP contribution >= 0.6 is 11.6 Å². The molecule has 18 heteroatoms. The molecular formula is C26H19ClF6N6O5. The second-order valence-electron chi connectivity index (χ2n) is 9.05. The van der Waals surface area contributed by atoms with Gasteiger partial charge in [0.15, 0.2) is 5.65 Å². The largest absolute Gasteiger partial charge is 0.490 e. The maximum absolute atomic E-state index is 13.7. The average Bonchev–Trinajstić information content (AvgIpc) is 3.28. The van der Waals surface area contributed by atoms with Gasteiger partial charge in [-0.25, -0.2) is 9.78 Å². The van der Waals surface area contributed by atoms with Gasteiger partial charge in [-0.2, -0.15) is 41.4 Å². The zero-order chi connectivity index (χ0) is 33.0. The molecule has 0 radical (unpaired) electrons. The summed E-state index contributed by atoms with van der Waals surface area (Å²) in [5.74, 6) is -4.34. The van der Waals surface area contributed by atoms with E-state index in [1.165, 1.54) is 24.4 Å². The molecule has 11 nitrogen and oxygen atoms in total. The minimum Gasteiger partial charge on any atom is -0.475 e. The van der Waals surface area contributed by atoms with E-state index >= 15 is 0 Å². The number of carboxylic acids is 1. The molecule has 3 aromatic heterocycles. The fourth-order valence-electron chi connectivity index (χ4n) is 3.61. The van der Waals surface area contributed by atoms with Gasteiger partial charge < -0.3 is 19.3 Å². The summed E-state index contributed by atoms with van der Waals surface area (Å²) in [6, 6.07) is 9.45. The van der Waals surface area contributed by atoms with Crippen LogP contribution in [0.5, 0.6) is 11.5 Å². The van der Waals surface area contributed by atoms with Crippen molar-refractivity contribution in [1.29, 1.82) is 5.26 Å². The second-order valence-corrected chi connectivity index (χ2v) is 9.48. The number of carbonyl (C=O) groups is 2. The van der Waals surface area contributed by atoms with Crippen LogP contribution < -0.4 is 10.3 Å². The predicted octanol–water partition coefficient (Wildman–Crippen LogP) is 4.81. The van der Waals surface area contributed by atoms with Crippen molar-refractivity contribution in [1.82, 2.24) is 24.2 Å². The summed E-state index contributed by atoms with van der Waals surface area (Å²) in [6.07, 6.45) is -7.54. The Morgan fingerprint density at radius 2 is 1.80 bits per heavy atom. The van der Waals surface area contributed by atoms with Crippen LogP contribution in [0.15, 0.2) is 53.6 Å². The summed E-state index contributed by atoms with van der Waals surface area (Å²) in [5.41, 5.74) is -1.86. The van der Waals surface area contributed by atoms with Crippen molar-refractivity contribution in [2.75, 3.05) is 20.6 Å². The minimum atomic E-state index is -5.08. The molecule has 232 valence electrons. The monoisotopic (exact) mass is 644 g/mol. The number of carbonyl (C=O) groups excluding carboxylic acids is 1. The Hall–Kier alpha value is -4.95. The number of pyridine rings is 2. The molecule has 0 amide bonds. The maximum atomic E-state index is 13.7. The van der Waals surface area contributed by atoms with Crippen molar-refractivity contribution in [3.8, 4) is 17.6 Å². The first-order valence-corrected chi connectivity index (χ1v) is 12.3. The summed E-state index contributed by atoms with van der Waals surface area (Å²) < 4.78 is 80.4. The SMILES string of the molecule is CN(C)CC(=O)n1nc(Cn2ccc(C(F)(F)F)c(Oc3cc(Cl)cc(C#N)c3)c2=O)c2cccnc21.O=C(O)C(F)(F)F. The quantitative estimate of drug-likeness (QED) is 0.292. The number of hydrogen-bond acceptors (Lipinski definition) is 8.